The van der Waals surface area contributed by atoms with Crippen LogP contribution in [0.25, 0.3) is 0 Å². The summed E-state index contributed by atoms with van der Waals surface area (Å²) in [6.07, 6.45) is 7.36. The first-order chi connectivity index (χ1) is 7.69. The van der Waals surface area contributed by atoms with E-state index in [2.05, 4.69) is 10.6 Å². The third-order valence-electron chi connectivity index (χ3n) is 3.47. The smallest absolute Gasteiger partial charge is 0.0802 e. The van der Waals surface area contributed by atoms with Gasteiger partial charge in [-0.15, -0.1) is 0 Å². The molecule has 1 heterocycles. The minimum absolute atomic E-state index is 0.224. The van der Waals surface area contributed by atoms with Gasteiger partial charge in [0.05, 0.1) is 12.2 Å². The topological polar surface area (TPSA) is 49.0 Å². The Morgan fingerprint density at radius 2 is 2.38 bits per heavy atom. The predicted octanol–water partition coefficient (Wildman–Crippen LogP) is 2.63. The molecule has 1 aromatic heterocycles. The molecule has 0 saturated heterocycles. The van der Waals surface area contributed by atoms with Crippen molar-refractivity contribution >= 4 is 0 Å². The molecule has 3 heteroatoms. The van der Waals surface area contributed by atoms with Crippen LogP contribution in [-0.2, 0) is 6.54 Å². The standard InChI is InChI=1S/C13H18N2O/c1-2-12(16)11-3-8-15(9-11)10-13(4-5-13)6-7-14/h3,8-9,12,16H,2,4-6,10H2,1H3. The first-order valence-corrected chi connectivity index (χ1v) is 5.90. The van der Waals surface area contributed by atoms with Crippen molar-refractivity contribution in [3.63, 3.8) is 0 Å². The normalized spacial score (nSPS) is 19.1. The van der Waals surface area contributed by atoms with Crippen molar-refractivity contribution < 1.29 is 5.11 Å². The van der Waals surface area contributed by atoms with E-state index in [0.717, 1.165) is 31.4 Å². The molecule has 1 atom stereocenters. The third-order valence-corrected chi connectivity index (χ3v) is 3.47. The van der Waals surface area contributed by atoms with Crippen LogP contribution in [0.15, 0.2) is 18.5 Å². The monoisotopic (exact) mass is 218 g/mol. The van der Waals surface area contributed by atoms with Crippen molar-refractivity contribution in [2.45, 2.75) is 45.3 Å². The van der Waals surface area contributed by atoms with Crippen molar-refractivity contribution in [3.8, 4) is 6.07 Å². The third kappa shape index (κ3) is 2.28. The van der Waals surface area contributed by atoms with Crippen molar-refractivity contribution in [1.82, 2.24) is 4.57 Å². The first-order valence-electron chi connectivity index (χ1n) is 5.90. The van der Waals surface area contributed by atoms with E-state index < -0.39 is 0 Å². The molecule has 86 valence electrons. The number of nitriles is 1. The predicted molar refractivity (Wildman–Crippen MR) is 61.6 cm³/mol. The molecule has 1 aliphatic rings. The van der Waals surface area contributed by atoms with E-state index in [4.69, 9.17) is 5.26 Å². The van der Waals surface area contributed by atoms with E-state index in [0.29, 0.717) is 6.42 Å². The fraction of sp³-hybridized carbons (Fsp3) is 0.615. The van der Waals surface area contributed by atoms with Crippen LogP contribution in [-0.4, -0.2) is 9.67 Å². The highest BCUT2D eigenvalue weighted by atomic mass is 16.3. The van der Waals surface area contributed by atoms with Gasteiger partial charge in [0.1, 0.15) is 0 Å². The molecule has 0 spiro atoms. The van der Waals surface area contributed by atoms with Gasteiger partial charge in [-0.2, -0.15) is 5.26 Å². The first kappa shape index (κ1) is 11.2. The van der Waals surface area contributed by atoms with E-state index in [1.807, 2.05) is 25.4 Å². The summed E-state index contributed by atoms with van der Waals surface area (Å²) >= 11 is 0. The van der Waals surface area contributed by atoms with Crippen molar-refractivity contribution in [2.75, 3.05) is 0 Å². The van der Waals surface area contributed by atoms with E-state index in [9.17, 15) is 5.11 Å². The summed E-state index contributed by atoms with van der Waals surface area (Å²) in [5, 5.41) is 18.4. The molecule has 1 aliphatic carbocycles. The largest absolute Gasteiger partial charge is 0.388 e. The van der Waals surface area contributed by atoms with Gasteiger partial charge in [-0.25, -0.2) is 0 Å². The van der Waals surface area contributed by atoms with Gasteiger partial charge in [0.25, 0.3) is 0 Å². The van der Waals surface area contributed by atoms with Crippen LogP contribution in [0.5, 0.6) is 0 Å². The summed E-state index contributed by atoms with van der Waals surface area (Å²) < 4.78 is 2.11. The maximum Gasteiger partial charge on any atom is 0.0802 e. The molecule has 0 amide bonds. The number of aliphatic hydroxyl groups excluding tert-OH is 1. The van der Waals surface area contributed by atoms with Crippen LogP contribution in [0.1, 0.15) is 44.3 Å². The lowest BCUT2D eigenvalue weighted by Crippen LogP contribution is -2.09. The molecule has 0 aromatic carbocycles. The average molecular weight is 218 g/mol. The van der Waals surface area contributed by atoms with Crippen molar-refractivity contribution in [2.24, 2.45) is 5.41 Å². The Bertz CT molecular complexity index is 398. The van der Waals surface area contributed by atoms with E-state index in [1.54, 1.807) is 0 Å². The fourth-order valence-corrected chi connectivity index (χ4v) is 2.11. The van der Waals surface area contributed by atoms with Crippen molar-refractivity contribution in [3.05, 3.63) is 24.0 Å². The lowest BCUT2D eigenvalue weighted by molar-refractivity contribution is 0.173. The van der Waals surface area contributed by atoms with Crippen LogP contribution >= 0.6 is 0 Å². The van der Waals surface area contributed by atoms with Gasteiger partial charge in [0.2, 0.25) is 0 Å². The number of rotatable bonds is 5. The Labute approximate surface area is 96.3 Å². The fourth-order valence-electron chi connectivity index (χ4n) is 2.11. The minimum Gasteiger partial charge on any atom is -0.388 e. The summed E-state index contributed by atoms with van der Waals surface area (Å²) in [5.74, 6) is 0. The Morgan fingerprint density at radius 1 is 1.62 bits per heavy atom. The molecule has 1 unspecified atom stereocenters. The van der Waals surface area contributed by atoms with Gasteiger partial charge in [-0.05, 0) is 30.9 Å². The van der Waals surface area contributed by atoms with Gasteiger partial charge in [0, 0.05) is 30.8 Å². The van der Waals surface area contributed by atoms with Crippen LogP contribution in [0, 0.1) is 16.7 Å². The van der Waals surface area contributed by atoms with Crippen LogP contribution in [0.2, 0.25) is 0 Å². The molecular weight excluding hydrogens is 200 g/mol. The maximum atomic E-state index is 9.69. The van der Waals surface area contributed by atoms with Crippen LogP contribution < -0.4 is 0 Å². The highest BCUT2D eigenvalue weighted by Crippen LogP contribution is 2.50. The van der Waals surface area contributed by atoms with Crippen LogP contribution in [0.3, 0.4) is 0 Å². The van der Waals surface area contributed by atoms with E-state index in [1.165, 1.54) is 0 Å². The molecule has 1 aromatic rings. The maximum absolute atomic E-state index is 9.69. The lowest BCUT2D eigenvalue weighted by Gasteiger charge is -2.12. The molecule has 0 aliphatic heterocycles. The highest BCUT2D eigenvalue weighted by Gasteiger charge is 2.42. The highest BCUT2D eigenvalue weighted by molar-refractivity contribution is 5.14. The minimum atomic E-state index is -0.354. The molecule has 1 fully saturated rings. The number of aromatic nitrogens is 1. The summed E-state index contributed by atoms with van der Waals surface area (Å²) in [4.78, 5) is 0. The second-order valence-electron chi connectivity index (χ2n) is 4.88. The molecule has 1 N–H and O–H groups in total. The number of hydrogen-bond donors (Lipinski definition) is 1. The summed E-state index contributed by atoms with van der Waals surface area (Å²) in [5.41, 5.74) is 1.21. The Hall–Kier alpha value is -1.27. The SMILES string of the molecule is CCC(O)c1ccn(CC2(CC#N)CC2)c1. The van der Waals surface area contributed by atoms with Gasteiger partial charge >= 0.3 is 0 Å². The summed E-state index contributed by atoms with van der Waals surface area (Å²) in [7, 11) is 0. The zero-order valence-corrected chi connectivity index (χ0v) is 9.69. The quantitative estimate of drug-likeness (QED) is 0.825. The Morgan fingerprint density at radius 3 is 2.94 bits per heavy atom. The molecule has 0 bridgehead atoms. The molecule has 2 rings (SSSR count). The molecular formula is C13H18N2O. The number of hydrogen-bond acceptors (Lipinski definition) is 2. The van der Waals surface area contributed by atoms with Crippen LogP contribution in [0.4, 0.5) is 0 Å². The number of aliphatic hydroxyl groups is 1. The molecule has 0 radical (unpaired) electrons. The van der Waals surface area contributed by atoms with Gasteiger partial charge in [-0.1, -0.05) is 6.92 Å². The van der Waals surface area contributed by atoms with Gasteiger partial charge in [-0.3, -0.25) is 0 Å². The van der Waals surface area contributed by atoms with Gasteiger partial charge < -0.3 is 9.67 Å². The molecule has 1 saturated carbocycles. The second-order valence-corrected chi connectivity index (χ2v) is 4.88. The van der Waals surface area contributed by atoms with E-state index >= 15 is 0 Å². The molecule has 3 nitrogen and oxygen atoms in total. The average Bonchev–Trinajstić information content (AvgIpc) is 2.87. The second kappa shape index (κ2) is 4.31. The Kier molecular flexibility index (Phi) is 3.02. The van der Waals surface area contributed by atoms with E-state index in [-0.39, 0.29) is 11.5 Å². The molecule has 16 heavy (non-hydrogen) atoms. The van der Waals surface area contributed by atoms with Crippen molar-refractivity contribution in [1.29, 1.82) is 5.26 Å². The zero-order valence-electron chi connectivity index (χ0n) is 9.69. The lowest BCUT2D eigenvalue weighted by atomic mass is 10.0. The number of nitrogens with zero attached hydrogens (tertiary/aromatic N) is 2. The van der Waals surface area contributed by atoms with Gasteiger partial charge in [0.15, 0.2) is 0 Å². The zero-order chi connectivity index (χ0) is 11.6. The summed E-state index contributed by atoms with van der Waals surface area (Å²) in [6, 6.07) is 4.24. The summed E-state index contributed by atoms with van der Waals surface area (Å²) in [6.45, 7) is 2.89. The Balaban J connectivity index is 2.01.